The normalized spacial score (nSPS) is 11.5. The first-order valence-electron chi connectivity index (χ1n) is 13.5. The van der Waals surface area contributed by atoms with Crippen LogP contribution in [-0.2, 0) is 28.7 Å². The molecule has 0 aliphatic carbocycles. The minimum absolute atomic E-state index is 0.0134. The lowest BCUT2D eigenvalue weighted by atomic mass is 9.93. The van der Waals surface area contributed by atoms with Crippen molar-refractivity contribution in [2.75, 3.05) is 26.4 Å². The van der Waals surface area contributed by atoms with Crippen molar-refractivity contribution in [3.05, 3.63) is 0 Å². The van der Waals surface area contributed by atoms with Gasteiger partial charge in [0.15, 0.2) is 0 Å². The summed E-state index contributed by atoms with van der Waals surface area (Å²) in [6, 6.07) is 0. The van der Waals surface area contributed by atoms with Crippen LogP contribution in [0.25, 0.3) is 0 Å². The fourth-order valence-corrected chi connectivity index (χ4v) is 3.64. The van der Waals surface area contributed by atoms with Crippen molar-refractivity contribution in [2.45, 2.75) is 111 Å². The third-order valence-corrected chi connectivity index (χ3v) is 5.74. The first-order chi connectivity index (χ1) is 17.0. The summed E-state index contributed by atoms with van der Waals surface area (Å²) in [5.74, 6) is -0.516. The van der Waals surface area contributed by atoms with Crippen LogP contribution in [-0.4, -0.2) is 55.8 Å². The summed E-state index contributed by atoms with van der Waals surface area (Å²) in [6.45, 7) is 6.62. The van der Waals surface area contributed by atoms with Gasteiger partial charge in [-0.1, -0.05) is 91.4 Å². The Kier molecular flexibility index (Phi) is 22.1. The van der Waals surface area contributed by atoms with Crippen molar-refractivity contribution < 1.29 is 33.5 Å². The molecule has 1 atom stereocenters. The number of ether oxygens (including phenoxy) is 2. The Morgan fingerprint density at radius 3 is 1.94 bits per heavy atom. The average molecular weight is 501 g/mol. The predicted molar refractivity (Wildman–Crippen MR) is 134 cm³/mol. The van der Waals surface area contributed by atoms with Crippen molar-refractivity contribution in [2.24, 2.45) is 5.92 Å². The fourth-order valence-electron chi connectivity index (χ4n) is 3.64. The Labute approximate surface area is 211 Å². The highest BCUT2D eigenvalue weighted by Gasteiger charge is 2.18. The number of hydrogen-bond acceptors (Lipinski definition) is 7. The molecule has 35 heavy (non-hydrogen) atoms. The van der Waals surface area contributed by atoms with Crippen LogP contribution < -0.4 is 5.32 Å². The van der Waals surface area contributed by atoms with Crippen molar-refractivity contribution in [3.8, 4) is 0 Å². The quantitative estimate of drug-likeness (QED) is 0.0928. The standard InChI is InChI=1S/C26H48N2O7/c1-4-7-9-11-12-13-15-17-23(16-14-10-8-5-2)25(31)27-18-19-33-20-21-34-26(32)35-28(22-29)24(30)6-3/h22-23H,4-21H2,1-3H3,(H,27,31). The molecule has 0 aromatic heterocycles. The largest absolute Gasteiger partial charge is 0.534 e. The van der Waals surface area contributed by atoms with E-state index in [2.05, 4.69) is 24.0 Å². The summed E-state index contributed by atoms with van der Waals surface area (Å²) in [5, 5.41) is 3.26. The Morgan fingerprint density at radius 1 is 0.800 bits per heavy atom. The molecule has 0 aliphatic rings. The highest BCUT2D eigenvalue weighted by atomic mass is 16.8. The van der Waals surface area contributed by atoms with Gasteiger partial charge in [-0.25, -0.2) is 4.79 Å². The number of carbonyl (C=O) groups is 4. The van der Waals surface area contributed by atoms with Gasteiger partial charge in [-0.05, 0) is 12.8 Å². The topological polar surface area (TPSA) is 111 Å². The third kappa shape index (κ3) is 18.8. The van der Waals surface area contributed by atoms with Gasteiger partial charge in [0.2, 0.25) is 5.91 Å². The Morgan fingerprint density at radius 2 is 1.37 bits per heavy atom. The Hall–Kier alpha value is -2.16. The first-order valence-corrected chi connectivity index (χ1v) is 13.5. The highest BCUT2D eigenvalue weighted by Crippen LogP contribution is 2.19. The van der Waals surface area contributed by atoms with E-state index < -0.39 is 12.1 Å². The van der Waals surface area contributed by atoms with Gasteiger partial charge in [-0.2, -0.15) is 0 Å². The van der Waals surface area contributed by atoms with E-state index in [-0.39, 0.29) is 37.9 Å². The van der Waals surface area contributed by atoms with Crippen LogP contribution >= 0.6 is 0 Å². The molecule has 0 rings (SSSR count). The van der Waals surface area contributed by atoms with E-state index in [1.54, 1.807) is 0 Å². The van der Waals surface area contributed by atoms with Gasteiger partial charge in [-0.3, -0.25) is 19.2 Å². The van der Waals surface area contributed by atoms with E-state index in [4.69, 9.17) is 9.47 Å². The number of amides is 3. The van der Waals surface area contributed by atoms with E-state index in [1.807, 2.05) is 0 Å². The number of rotatable bonds is 22. The molecule has 0 spiro atoms. The third-order valence-electron chi connectivity index (χ3n) is 5.74. The van der Waals surface area contributed by atoms with Gasteiger partial charge < -0.3 is 14.8 Å². The predicted octanol–water partition coefficient (Wildman–Crippen LogP) is 5.31. The lowest BCUT2D eigenvalue weighted by Crippen LogP contribution is -2.34. The second-order valence-corrected chi connectivity index (χ2v) is 8.73. The van der Waals surface area contributed by atoms with Crippen molar-refractivity contribution in [1.29, 1.82) is 0 Å². The van der Waals surface area contributed by atoms with Crippen molar-refractivity contribution in [1.82, 2.24) is 10.4 Å². The van der Waals surface area contributed by atoms with Crippen LogP contribution in [0.4, 0.5) is 4.79 Å². The van der Waals surface area contributed by atoms with Crippen LogP contribution in [0.1, 0.15) is 111 Å². The monoisotopic (exact) mass is 500 g/mol. The van der Waals surface area contributed by atoms with Gasteiger partial charge in [0.25, 0.3) is 12.3 Å². The molecule has 0 aromatic rings. The molecule has 0 radical (unpaired) electrons. The van der Waals surface area contributed by atoms with Crippen LogP contribution in [0, 0.1) is 5.92 Å². The number of hydrogen-bond donors (Lipinski definition) is 1. The molecule has 0 saturated carbocycles. The highest BCUT2D eigenvalue weighted by molar-refractivity contribution is 5.85. The smallest absolute Gasteiger partial charge is 0.430 e. The van der Waals surface area contributed by atoms with E-state index in [9.17, 15) is 19.2 Å². The van der Waals surface area contributed by atoms with Gasteiger partial charge in [0.1, 0.15) is 6.61 Å². The number of carbonyl (C=O) groups excluding carboxylic acids is 4. The molecule has 204 valence electrons. The summed E-state index contributed by atoms with van der Waals surface area (Å²) in [4.78, 5) is 50.7. The second kappa shape index (κ2) is 23.6. The second-order valence-electron chi connectivity index (χ2n) is 8.73. The number of hydroxylamine groups is 2. The molecule has 9 nitrogen and oxygen atoms in total. The number of imide groups is 1. The maximum atomic E-state index is 12.7. The van der Waals surface area contributed by atoms with Gasteiger partial charge in [0, 0.05) is 18.9 Å². The van der Waals surface area contributed by atoms with Crippen molar-refractivity contribution in [3.63, 3.8) is 0 Å². The SMILES string of the molecule is CCCCCCCCCC(CCCCCC)C(=O)NCCOCCOC(=O)ON(C=O)C(=O)CC. The maximum Gasteiger partial charge on any atom is 0.534 e. The number of unbranched alkanes of at least 4 members (excludes halogenated alkanes) is 9. The van der Waals surface area contributed by atoms with Crippen molar-refractivity contribution >= 4 is 24.4 Å². The lowest BCUT2D eigenvalue weighted by molar-refractivity contribution is -0.176. The molecule has 0 bridgehead atoms. The first kappa shape index (κ1) is 32.8. The van der Waals surface area contributed by atoms with Gasteiger partial charge in [-0.15, -0.1) is 5.06 Å². The summed E-state index contributed by atoms with van der Waals surface area (Å²) in [6.07, 6.45) is 14.1. The minimum atomic E-state index is -1.16. The summed E-state index contributed by atoms with van der Waals surface area (Å²) in [7, 11) is 0. The molecule has 0 saturated heterocycles. The number of nitrogens with one attached hydrogen (secondary N) is 1. The zero-order valence-electron chi connectivity index (χ0n) is 22.2. The molecule has 9 heteroatoms. The molecular weight excluding hydrogens is 452 g/mol. The number of nitrogens with zero attached hydrogens (tertiary/aromatic N) is 1. The fraction of sp³-hybridized carbons (Fsp3) is 0.846. The molecule has 0 heterocycles. The zero-order chi connectivity index (χ0) is 26.2. The zero-order valence-corrected chi connectivity index (χ0v) is 22.2. The van der Waals surface area contributed by atoms with Crippen LogP contribution in [0.5, 0.6) is 0 Å². The van der Waals surface area contributed by atoms with Gasteiger partial charge in [0.05, 0.1) is 13.2 Å². The Bertz CT molecular complexity index is 572. The van der Waals surface area contributed by atoms with Crippen LogP contribution in [0.2, 0.25) is 0 Å². The average Bonchev–Trinajstić information content (AvgIpc) is 2.86. The molecule has 0 aliphatic heterocycles. The van der Waals surface area contributed by atoms with Gasteiger partial charge >= 0.3 is 6.16 Å². The summed E-state index contributed by atoms with van der Waals surface area (Å²) >= 11 is 0. The summed E-state index contributed by atoms with van der Waals surface area (Å²) < 4.78 is 10.1. The molecule has 1 N–H and O–H groups in total. The summed E-state index contributed by atoms with van der Waals surface area (Å²) in [5.41, 5.74) is 0. The Balaban J connectivity index is 4.09. The van der Waals surface area contributed by atoms with E-state index in [0.29, 0.717) is 18.2 Å². The van der Waals surface area contributed by atoms with Crippen LogP contribution in [0.3, 0.4) is 0 Å². The van der Waals surface area contributed by atoms with Crippen LogP contribution in [0.15, 0.2) is 0 Å². The van der Waals surface area contributed by atoms with E-state index in [1.165, 1.54) is 64.7 Å². The maximum absolute atomic E-state index is 12.7. The molecule has 3 amide bonds. The molecular formula is C26H48N2O7. The van der Waals surface area contributed by atoms with E-state index >= 15 is 0 Å². The van der Waals surface area contributed by atoms with E-state index in [0.717, 1.165) is 25.7 Å². The molecule has 1 unspecified atom stereocenters. The molecule has 0 fully saturated rings. The lowest BCUT2D eigenvalue weighted by Gasteiger charge is -2.17. The molecule has 0 aromatic carbocycles. The minimum Gasteiger partial charge on any atom is -0.430 e.